The first-order valence-corrected chi connectivity index (χ1v) is 7.17. The summed E-state index contributed by atoms with van der Waals surface area (Å²) in [5, 5.41) is 10.2. The van der Waals surface area contributed by atoms with Gasteiger partial charge in [-0.2, -0.15) is 0 Å². The van der Waals surface area contributed by atoms with Crippen molar-refractivity contribution in [1.82, 2.24) is 4.90 Å². The summed E-state index contributed by atoms with van der Waals surface area (Å²) in [7, 11) is 1.68. The molecule has 1 aliphatic carbocycles. The van der Waals surface area contributed by atoms with Gasteiger partial charge in [0.2, 0.25) is 0 Å². The predicted octanol–water partition coefficient (Wildman–Crippen LogP) is 2.74. The van der Waals surface area contributed by atoms with Crippen LogP contribution in [0.3, 0.4) is 0 Å². The van der Waals surface area contributed by atoms with Crippen molar-refractivity contribution in [1.29, 1.82) is 0 Å². The second-order valence-electron chi connectivity index (χ2n) is 5.40. The topological polar surface area (TPSA) is 62.9 Å². The summed E-state index contributed by atoms with van der Waals surface area (Å²) >= 11 is 0. The zero-order chi connectivity index (χ0) is 14.8. The van der Waals surface area contributed by atoms with Crippen molar-refractivity contribution >= 4 is 16.9 Å². The molecule has 0 radical (unpaired) electrons. The lowest BCUT2D eigenvalue weighted by atomic mass is 10.1. The van der Waals surface area contributed by atoms with Gasteiger partial charge in [0, 0.05) is 25.1 Å². The van der Waals surface area contributed by atoms with Gasteiger partial charge in [0.05, 0.1) is 13.2 Å². The molecular formula is C16H19NO4. The molecule has 2 aromatic rings. The Hall–Kier alpha value is -1.85. The van der Waals surface area contributed by atoms with E-state index in [1.54, 1.807) is 13.2 Å². The monoisotopic (exact) mass is 289 g/mol. The molecule has 1 aliphatic rings. The van der Waals surface area contributed by atoms with E-state index in [4.69, 9.17) is 9.15 Å². The van der Waals surface area contributed by atoms with Crippen LogP contribution in [0.15, 0.2) is 28.7 Å². The summed E-state index contributed by atoms with van der Waals surface area (Å²) in [5.41, 5.74) is 0.918. The number of hydrogen-bond donors (Lipinski definition) is 1. The Morgan fingerprint density at radius 2 is 2.19 bits per heavy atom. The fourth-order valence-electron chi connectivity index (χ4n) is 2.67. The van der Waals surface area contributed by atoms with E-state index in [1.807, 2.05) is 18.2 Å². The number of methoxy groups -OCH3 is 1. The van der Waals surface area contributed by atoms with E-state index in [2.05, 4.69) is 4.90 Å². The van der Waals surface area contributed by atoms with E-state index in [0.717, 1.165) is 19.4 Å². The number of furan rings is 1. The standard InChI is InChI=1S/C16H19NO4/c1-20-9-8-17(11-6-7-11)10-14-15(16(18)19)12-4-2-3-5-13(12)21-14/h2-5,11H,6-10H2,1H3,(H,18,19). The Labute approximate surface area is 123 Å². The fourth-order valence-corrected chi connectivity index (χ4v) is 2.67. The van der Waals surface area contributed by atoms with Gasteiger partial charge < -0.3 is 14.3 Å². The molecule has 0 aliphatic heterocycles. The number of ether oxygens (including phenoxy) is 1. The molecule has 0 amide bonds. The van der Waals surface area contributed by atoms with Crippen LogP contribution < -0.4 is 0 Å². The number of aromatic carboxylic acids is 1. The third-order valence-electron chi connectivity index (χ3n) is 3.87. The molecule has 3 rings (SSSR count). The minimum absolute atomic E-state index is 0.286. The second-order valence-corrected chi connectivity index (χ2v) is 5.40. The highest BCUT2D eigenvalue weighted by molar-refractivity contribution is 6.03. The van der Waals surface area contributed by atoms with Gasteiger partial charge >= 0.3 is 5.97 Å². The van der Waals surface area contributed by atoms with Gasteiger partial charge in [-0.1, -0.05) is 18.2 Å². The Kier molecular flexibility index (Phi) is 3.94. The quantitative estimate of drug-likeness (QED) is 0.849. The van der Waals surface area contributed by atoms with Crippen LogP contribution in [-0.2, 0) is 11.3 Å². The van der Waals surface area contributed by atoms with Crippen molar-refractivity contribution in [2.45, 2.75) is 25.4 Å². The third kappa shape index (κ3) is 2.94. The zero-order valence-corrected chi connectivity index (χ0v) is 12.0. The lowest BCUT2D eigenvalue weighted by molar-refractivity contribution is 0.0693. The maximum Gasteiger partial charge on any atom is 0.339 e. The first-order chi connectivity index (χ1) is 10.2. The minimum Gasteiger partial charge on any atom is -0.478 e. The van der Waals surface area contributed by atoms with E-state index >= 15 is 0 Å². The molecular weight excluding hydrogens is 270 g/mol. The highest BCUT2D eigenvalue weighted by Gasteiger charge is 2.31. The summed E-state index contributed by atoms with van der Waals surface area (Å²) in [6, 6.07) is 7.81. The zero-order valence-electron chi connectivity index (χ0n) is 12.0. The normalized spacial score (nSPS) is 15.0. The minimum atomic E-state index is -0.933. The van der Waals surface area contributed by atoms with Gasteiger partial charge in [0.15, 0.2) is 0 Å². The molecule has 1 fully saturated rings. The van der Waals surface area contributed by atoms with Crippen molar-refractivity contribution in [2.75, 3.05) is 20.3 Å². The van der Waals surface area contributed by atoms with Gasteiger partial charge in [-0.25, -0.2) is 4.79 Å². The molecule has 112 valence electrons. The van der Waals surface area contributed by atoms with Gasteiger partial charge in [0.1, 0.15) is 16.9 Å². The van der Waals surface area contributed by atoms with Gasteiger partial charge in [-0.15, -0.1) is 0 Å². The van der Waals surface area contributed by atoms with Crippen LogP contribution in [0.4, 0.5) is 0 Å². The molecule has 5 nitrogen and oxygen atoms in total. The van der Waals surface area contributed by atoms with Crippen molar-refractivity contribution in [3.8, 4) is 0 Å². The number of hydrogen-bond acceptors (Lipinski definition) is 4. The summed E-state index contributed by atoms with van der Waals surface area (Å²) < 4.78 is 10.9. The van der Waals surface area contributed by atoms with Crippen LogP contribution in [0.2, 0.25) is 0 Å². The Morgan fingerprint density at radius 1 is 1.43 bits per heavy atom. The van der Waals surface area contributed by atoms with E-state index in [-0.39, 0.29) is 5.56 Å². The molecule has 0 saturated heterocycles. The maximum atomic E-state index is 11.6. The molecule has 0 unspecified atom stereocenters. The lowest BCUT2D eigenvalue weighted by Crippen LogP contribution is -2.29. The van der Waals surface area contributed by atoms with Crippen LogP contribution >= 0.6 is 0 Å². The van der Waals surface area contributed by atoms with Gasteiger partial charge in [0.25, 0.3) is 0 Å². The summed E-state index contributed by atoms with van der Waals surface area (Å²) in [4.78, 5) is 13.8. The summed E-state index contributed by atoms with van der Waals surface area (Å²) in [6.07, 6.45) is 2.32. The number of para-hydroxylation sites is 1. The molecule has 0 spiro atoms. The lowest BCUT2D eigenvalue weighted by Gasteiger charge is -2.20. The van der Waals surface area contributed by atoms with Crippen molar-refractivity contribution in [3.63, 3.8) is 0 Å². The molecule has 1 saturated carbocycles. The van der Waals surface area contributed by atoms with E-state index in [1.165, 1.54) is 0 Å². The number of rotatable bonds is 7. The largest absolute Gasteiger partial charge is 0.478 e. The van der Waals surface area contributed by atoms with Crippen LogP contribution in [0, 0.1) is 0 Å². The second kappa shape index (κ2) is 5.87. The average Bonchev–Trinajstić information content (AvgIpc) is 3.23. The molecule has 0 bridgehead atoms. The Morgan fingerprint density at radius 3 is 2.86 bits per heavy atom. The van der Waals surface area contributed by atoms with Crippen molar-refractivity contribution in [2.24, 2.45) is 0 Å². The number of nitrogens with zero attached hydrogens (tertiary/aromatic N) is 1. The number of benzene rings is 1. The molecule has 1 aromatic carbocycles. The van der Waals surface area contributed by atoms with Gasteiger partial charge in [-0.05, 0) is 18.9 Å². The van der Waals surface area contributed by atoms with Crippen LogP contribution in [0.25, 0.3) is 11.0 Å². The molecule has 21 heavy (non-hydrogen) atoms. The smallest absolute Gasteiger partial charge is 0.339 e. The number of carbonyl (C=O) groups is 1. The molecule has 1 heterocycles. The predicted molar refractivity (Wildman–Crippen MR) is 78.5 cm³/mol. The summed E-state index contributed by atoms with van der Waals surface area (Å²) in [5.74, 6) is -0.399. The van der Waals surface area contributed by atoms with E-state index in [0.29, 0.717) is 35.9 Å². The SMILES string of the molecule is COCCN(Cc1oc2ccccc2c1C(=O)O)C1CC1. The fraction of sp³-hybridized carbons (Fsp3) is 0.438. The van der Waals surface area contributed by atoms with Gasteiger partial charge in [-0.3, -0.25) is 4.90 Å². The summed E-state index contributed by atoms with van der Waals surface area (Å²) in [6.45, 7) is 1.95. The van der Waals surface area contributed by atoms with Crippen molar-refractivity contribution in [3.05, 3.63) is 35.6 Å². The Balaban J connectivity index is 1.91. The molecule has 5 heteroatoms. The van der Waals surface area contributed by atoms with E-state index < -0.39 is 5.97 Å². The van der Waals surface area contributed by atoms with E-state index in [9.17, 15) is 9.90 Å². The maximum absolute atomic E-state index is 11.6. The average molecular weight is 289 g/mol. The van der Waals surface area contributed by atoms with Crippen LogP contribution in [0.1, 0.15) is 29.0 Å². The highest BCUT2D eigenvalue weighted by atomic mass is 16.5. The Bertz CT molecular complexity index is 645. The third-order valence-corrected chi connectivity index (χ3v) is 3.87. The number of carboxylic acids is 1. The van der Waals surface area contributed by atoms with Crippen molar-refractivity contribution < 1.29 is 19.1 Å². The number of fused-ring (bicyclic) bond motifs is 1. The first-order valence-electron chi connectivity index (χ1n) is 7.17. The molecule has 1 aromatic heterocycles. The van der Waals surface area contributed by atoms with Crippen LogP contribution in [-0.4, -0.2) is 42.3 Å². The first kappa shape index (κ1) is 14.1. The highest BCUT2D eigenvalue weighted by Crippen LogP contribution is 2.31. The van der Waals surface area contributed by atoms with Crippen LogP contribution in [0.5, 0.6) is 0 Å². The number of carboxylic acid groups (broad SMARTS) is 1. The molecule has 0 atom stereocenters. The molecule has 1 N–H and O–H groups in total.